The van der Waals surface area contributed by atoms with Gasteiger partial charge in [0, 0.05) is 5.75 Å². The van der Waals surface area contributed by atoms with Crippen LogP contribution in [-0.2, 0) is 14.2 Å². The molecule has 0 radical (unpaired) electrons. The van der Waals surface area contributed by atoms with E-state index in [1.165, 1.54) is 0 Å². The highest BCUT2D eigenvalue weighted by molar-refractivity contribution is 7.80. The summed E-state index contributed by atoms with van der Waals surface area (Å²) >= 11 is 4.25. The minimum absolute atomic E-state index is 0.140. The summed E-state index contributed by atoms with van der Waals surface area (Å²) in [6.07, 6.45) is 1.21. The van der Waals surface area contributed by atoms with Crippen LogP contribution >= 0.6 is 12.6 Å². The summed E-state index contributed by atoms with van der Waals surface area (Å²) in [5, 5.41) is 0. The minimum atomic E-state index is -0.154. The molecule has 0 saturated carbocycles. The second-order valence-corrected chi connectivity index (χ2v) is 5.86. The maximum atomic E-state index is 5.78. The van der Waals surface area contributed by atoms with Gasteiger partial charge in [0.15, 0.2) is 0 Å². The lowest BCUT2D eigenvalue weighted by Gasteiger charge is -2.28. The third-order valence-corrected chi connectivity index (χ3v) is 3.40. The van der Waals surface area contributed by atoms with Crippen LogP contribution in [0.1, 0.15) is 34.1 Å². The van der Waals surface area contributed by atoms with E-state index < -0.39 is 0 Å². The molecule has 0 N–H and O–H groups in total. The van der Waals surface area contributed by atoms with Gasteiger partial charge in [0.2, 0.25) is 0 Å². The van der Waals surface area contributed by atoms with Gasteiger partial charge in [-0.2, -0.15) is 12.6 Å². The Morgan fingerprint density at radius 2 is 1.81 bits per heavy atom. The van der Waals surface area contributed by atoms with Gasteiger partial charge in [-0.15, -0.1) is 0 Å². The lowest BCUT2D eigenvalue weighted by atomic mass is 10.1. The van der Waals surface area contributed by atoms with Crippen molar-refractivity contribution in [1.82, 2.24) is 0 Å². The van der Waals surface area contributed by atoms with Crippen molar-refractivity contribution in [3.63, 3.8) is 0 Å². The number of epoxide rings is 1. The molecule has 1 unspecified atom stereocenters. The van der Waals surface area contributed by atoms with Crippen LogP contribution in [0.2, 0.25) is 0 Å². The molecular weight excluding hydrogens is 224 g/mol. The number of hydrogen-bond donors (Lipinski definition) is 1. The number of rotatable bonds is 8. The molecule has 1 saturated heterocycles. The van der Waals surface area contributed by atoms with Crippen molar-refractivity contribution in [2.24, 2.45) is 0 Å². The van der Waals surface area contributed by atoms with E-state index >= 15 is 0 Å². The minimum Gasteiger partial charge on any atom is -0.375 e. The Bertz CT molecular complexity index is 212. The molecule has 3 nitrogen and oxygen atoms in total. The molecule has 4 heteroatoms. The summed E-state index contributed by atoms with van der Waals surface area (Å²) in [7, 11) is 0. The second-order valence-electron chi connectivity index (χ2n) is 5.54. The van der Waals surface area contributed by atoms with Crippen molar-refractivity contribution >= 4 is 12.6 Å². The van der Waals surface area contributed by atoms with Crippen LogP contribution in [0.3, 0.4) is 0 Å². The molecule has 1 rings (SSSR count). The Kier molecular flexibility index (Phi) is 5.10. The molecule has 96 valence electrons. The van der Waals surface area contributed by atoms with Crippen molar-refractivity contribution in [3.8, 4) is 0 Å². The van der Waals surface area contributed by atoms with E-state index in [-0.39, 0.29) is 11.2 Å². The maximum absolute atomic E-state index is 5.78. The van der Waals surface area contributed by atoms with Crippen LogP contribution in [0.4, 0.5) is 0 Å². The maximum Gasteiger partial charge on any atom is 0.104 e. The van der Waals surface area contributed by atoms with E-state index in [2.05, 4.69) is 26.5 Å². The van der Waals surface area contributed by atoms with Gasteiger partial charge in [-0.1, -0.05) is 0 Å². The predicted octanol–water partition coefficient (Wildman–Crippen LogP) is 2.30. The highest BCUT2D eigenvalue weighted by Crippen LogP contribution is 2.20. The van der Waals surface area contributed by atoms with Crippen molar-refractivity contribution in [2.75, 3.05) is 25.6 Å². The van der Waals surface area contributed by atoms with E-state index in [0.717, 1.165) is 18.8 Å². The van der Waals surface area contributed by atoms with Crippen LogP contribution in [0.5, 0.6) is 0 Å². The van der Waals surface area contributed by atoms with Crippen molar-refractivity contribution in [3.05, 3.63) is 0 Å². The van der Waals surface area contributed by atoms with Gasteiger partial charge < -0.3 is 14.2 Å². The van der Waals surface area contributed by atoms with Gasteiger partial charge in [0.1, 0.15) is 6.10 Å². The summed E-state index contributed by atoms with van der Waals surface area (Å²) in [5.74, 6) is 0.726. The quantitative estimate of drug-likeness (QED) is 0.528. The Labute approximate surface area is 104 Å². The summed E-state index contributed by atoms with van der Waals surface area (Å²) in [6.45, 7) is 10.5. The summed E-state index contributed by atoms with van der Waals surface area (Å²) in [4.78, 5) is 0. The molecule has 0 bridgehead atoms. The molecule has 0 aliphatic carbocycles. The Morgan fingerprint density at radius 1 is 1.19 bits per heavy atom. The number of hydrogen-bond acceptors (Lipinski definition) is 4. The zero-order chi connectivity index (χ0) is 12.2. The van der Waals surface area contributed by atoms with Gasteiger partial charge in [-0.05, 0) is 34.1 Å². The van der Waals surface area contributed by atoms with Crippen LogP contribution in [0.25, 0.3) is 0 Å². The SMILES string of the molecule is CC(C)(CS)OCCC(C)(C)OCC1CO1. The van der Waals surface area contributed by atoms with Crippen LogP contribution in [0.15, 0.2) is 0 Å². The van der Waals surface area contributed by atoms with Crippen molar-refractivity contribution < 1.29 is 14.2 Å². The highest BCUT2D eigenvalue weighted by Gasteiger charge is 2.27. The summed E-state index contributed by atoms with van der Waals surface area (Å²) in [5.41, 5.74) is -0.294. The summed E-state index contributed by atoms with van der Waals surface area (Å²) < 4.78 is 16.6. The van der Waals surface area contributed by atoms with Gasteiger partial charge in [-0.3, -0.25) is 0 Å². The molecule has 0 aromatic carbocycles. The van der Waals surface area contributed by atoms with Crippen LogP contribution in [0, 0.1) is 0 Å². The second kappa shape index (κ2) is 5.71. The van der Waals surface area contributed by atoms with Gasteiger partial charge in [-0.25, -0.2) is 0 Å². The lowest BCUT2D eigenvalue weighted by molar-refractivity contribution is -0.0682. The van der Waals surface area contributed by atoms with Crippen LogP contribution in [-0.4, -0.2) is 42.9 Å². The zero-order valence-electron chi connectivity index (χ0n) is 10.8. The van der Waals surface area contributed by atoms with E-state index in [1.807, 2.05) is 13.8 Å². The summed E-state index contributed by atoms with van der Waals surface area (Å²) in [6, 6.07) is 0. The third-order valence-electron chi connectivity index (χ3n) is 2.64. The molecule has 0 amide bonds. The topological polar surface area (TPSA) is 31.0 Å². The molecule has 16 heavy (non-hydrogen) atoms. The Balaban J connectivity index is 2.13. The Hall–Kier alpha value is 0.230. The van der Waals surface area contributed by atoms with Gasteiger partial charge in [0.25, 0.3) is 0 Å². The smallest absolute Gasteiger partial charge is 0.104 e. The first-order valence-electron chi connectivity index (χ1n) is 5.85. The highest BCUT2D eigenvalue weighted by atomic mass is 32.1. The lowest BCUT2D eigenvalue weighted by Crippen LogP contribution is -2.32. The zero-order valence-corrected chi connectivity index (χ0v) is 11.7. The standard InChI is InChI=1S/C12H24O3S/c1-11(2,15-8-10-7-13-10)5-6-14-12(3,4)9-16/h10,16H,5-9H2,1-4H3. The van der Waals surface area contributed by atoms with Gasteiger partial charge >= 0.3 is 0 Å². The fourth-order valence-corrected chi connectivity index (χ4v) is 1.27. The molecule has 1 atom stereocenters. The molecule has 1 heterocycles. The molecule has 0 spiro atoms. The molecule has 1 aliphatic rings. The van der Waals surface area contributed by atoms with E-state index in [9.17, 15) is 0 Å². The first-order chi connectivity index (χ1) is 7.35. The molecular formula is C12H24O3S. The third kappa shape index (κ3) is 6.09. The first kappa shape index (κ1) is 14.3. The normalized spacial score (nSPS) is 21.2. The van der Waals surface area contributed by atoms with Gasteiger partial charge in [0.05, 0.1) is 31.0 Å². The van der Waals surface area contributed by atoms with Crippen LogP contribution < -0.4 is 0 Å². The predicted molar refractivity (Wildman–Crippen MR) is 68.3 cm³/mol. The average molecular weight is 248 g/mol. The van der Waals surface area contributed by atoms with E-state index in [0.29, 0.717) is 19.3 Å². The Morgan fingerprint density at radius 3 is 2.31 bits per heavy atom. The van der Waals surface area contributed by atoms with E-state index in [1.54, 1.807) is 0 Å². The fourth-order valence-electron chi connectivity index (χ4n) is 1.17. The molecule has 0 aromatic heterocycles. The number of ether oxygens (including phenoxy) is 3. The molecule has 1 aliphatic heterocycles. The average Bonchev–Trinajstić information content (AvgIpc) is 2.98. The van der Waals surface area contributed by atoms with E-state index in [4.69, 9.17) is 14.2 Å². The largest absolute Gasteiger partial charge is 0.375 e. The van der Waals surface area contributed by atoms with Crippen molar-refractivity contribution in [1.29, 1.82) is 0 Å². The fraction of sp³-hybridized carbons (Fsp3) is 1.00. The molecule has 0 aromatic rings. The monoisotopic (exact) mass is 248 g/mol. The molecule has 1 fully saturated rings. The van der Waals surface area contributed by atoms with Crippen molar-refractivity contribution in [2.45, 2.75) is 51.4 Å². The number of thiol groups is 1. The first-order valence-corrected chi connectivity index (χ1v) is 6.48.